The van der Waals surface area contributed by atoms with Gasteiger partial charge in [-0.2, -0.15) is 0 Å². The van der Waals surface area contributed by atoms with Crippen molar-refractivity contribution in [3.63, 3.8) is 0 Å². The van der Waals surface area contributed by atoms with Crippen molar-refractivity contribution in [2.75, 3.05) is 13.2 Å². The van der Waals surface area contributed by atoms with Crippen LogP contribution in [0.15, 0.2) is 0 Å². The van der Waals surface area contributed by atoms with Crippen LogP contribution in [-0.2, 0) is 28.6 Å². The molecular formula is C47H90O6. The fraction of sp³-hybridized carbons (Fsp3) is 0.936. The zero-order chi connectivity index (χ0) is 39.0. The van der Waals surface area contributed by atoms with Crippen molar-refractivity contribution >= 4 is 17.9 Å². The highest BCUT2D eigenvalue weighted by atomic mass is 16.6. The molecule has 0 spiro atoms. The summed E-state index contributed by atoms with van der Waals surface area (Å²) >= 11 is 0. The van der Waals surface area contributed by atoms with Gasteiger partial charge < -0.3 is 14.2 Å². The van der Waals surface area contributed by atoms with Crippen molar-refractivity contribution < 1.29 is 28.6 Å². The summed E-state index contributed by atoms with van der Waals surface area (Å²) in [5.74, 6) is 0.825. The molecule has 0 aromatic rings. The Bertz CT molecular complexity index is 811. The maximum absolute atomic E-state index is 12.7. The molecule has 0 aliphatic heterocycles. The topological polar surface area (TPSA) is 78.9 Å². The van der Waals surface area contributed by atoms with Gasteiger partial charge in [0.05, 0.1) is 0 Å². The number of unbranched alkanes of at least 4 members (excludes halogenated alkanes) is 25. The lowest BCUT2D eigenvalue weighted by molar-refractivity contribution is -0.167. The van der Waals surface area contributed by atoms with Gasteiger partial charge in [-0.3, -0.25) is 14.4 Å². The van der Waals surface area contributed by atoms with Gasteiger partial charge in [0, 0.05) is 19.3 Å². The highest BCUT2D eigenvalue weighted by Gasteiger charge is 2.19. The van der Waals surface area contributed by atoms with Crippen LogP contribution in [0.5, 0.6) is 0 Å². The van der Waals surface area contributed by atoms with Gasteiger partial charge in [0.2, 0.25) is 0 Å². The van der Waals surface area contributed by atoms with E-state index in [1.54, 1.807) is 0 Å². The van der Waals surface area contributed by atoms with Crippen molar-refractivity contribution in [2.45, 2.75) is 259 Å². The number of esters is 3. The number of hydrogen-bond acceptors (Lipinski definition) is 6. The third kappa shape index (κ3) is 39.9. The van der Waals surface area contributed by atoms with Crippen LogP contribution in [0.4, 0.5) is 0 Å². The third-order valence-electron chi connectivity index (χ3n) is 10.8. The number of hydrogen-bond donors (Lipinski definition) is 0. The smallest absolute Gasteiger partial charge is 0.306 e. The molecule has 2 atom stereocenters. The molecule has 53 heavy (non-hydrogen) atoms. The molecule has 0 fully saturated rings. The molecule has 0 saturated carbocycles. The second-order valence-electron chi connectivity index (χ2n) is 16.8. The molecule has 314 valence electrons. The van der Waals surface area contributed by atoms with E-state index in [-0.39, 0.29) is 31.1 Å². The number of ether oxygens (including phenoxy) is 3. The first-order valence-electron chi connectivity index (χ1n) is 23.3. The molecule has 0 aliphatic rings. The van der Waals surface area contributed by atoms with Crippen molar-refractivity contribution in [3.05, 3.63) is 0 Å². The summed E-state index contributed by atoms with van der Waals surface area (Å²) in [5.41, 5.74) is 0. The quantitative estimate of drug-likeness (QED) is 0.0352. The van der Waals surface area contributed by atoms with Gasteiger partial charge in [-0.15, -0.1) is 0 Å². The van der Waals surface area contributed by atoms with Crippen LogP contribution in [0.3, 0.4) is 0 Å². The summed E-state index contributed by atoms with van der Waals surface area (Å²) in [4.78, 5) is 37.5. The maximum atomic E-state index is 12.7. The van der Waals surface area contributed by atoms with Crippen LogP contribution >= 0.6 is 0 Å². The van der Waals surface area contributed by atoms with Crippen LogP contribution in [0.25, 0.3) is 0 Å². The molecule has 0 radical (unpaired) electrons. The van der Waals surface area contributed by atoms with E-state index in [0.717, 1.165) is 76.0 Å². The summed E-state index contributed by atoms with van der Waals surface area (Å²) in [6.45, 7) is 11.3. The highest BCUT2D eigenvalue weighted by molar-refractivity contribution is 5.71. The monoisotopic (exact) mass is 751 g/mol. The summed E-state index contributed by atoms with van der Waals surface area (Å²) in [6, 6.07) is 0. The first-order chi connectivity index (χ1) is 25.8. The van der Waals surface area contributed by atoms with Crippen molar-refractivity contribution in [2.24, 2.45) is 11.8 Å². The fourth-order valence-electron chi connectivity index (χ4n) is 6.90. The summed E-state index contributed by atoms with van der Waals surface area (Å²) < 4.78 is 16.6. The predicted octanol–water partition coefficient (Wildman–Crippen LogP) is 14.6. The molecule has 0 bridgehead atoms. The van der Waals surface area contributed by atoms with Crippen LogP contribution < -0.4 is 0 Å². The predicted molar refractivity (Wildman–Crippen MR) is 224 cm³/mol. The minimum absolute atomic E-state index is 0.0660. The van der Waals surface area contributed by atoms with Crippen molar-refractivity contribution in [3.8, 4) is 0 Å². The second-order valence-corrected chi connectivity index (χ2v) is 16.8. The molecule has 0 amide bonds. The molecule has 0 rings (SSSR count). The lowest BCUT2D eigenvalue weighted by Gasteiger charge is -2.18. The molecule has 0 aromatic carbocycles. The van der Waals surface area contributed by atoms with Crippen LogP contribution in [-0.4, -0.2) is 37.2 Å². The van der Waals surface area contributed by atoms with E-state index < -0.39 is 6.10 Å². The van der Waals surface area contributed by atoms with E-state index >= 15 is 0 Å². The van der Waals surface area contributed by atoms with Crippen LogP contribution in [0.2, 0.25) is 0 Å². The van der Waals surface area contributed by atoms with Crippen LogP contribution in [0.1, 0.15) is 253 Å². The van der Waals surface area contributed by atoms with Crippen molar-refractivity contribution in [1.82, 2.24) is 0 Å². The summed E-state index contributed by atoms with van der Waals surface area (Å²) in [6.07, 6.45) is 38.3. The third-order valence-corrected chi connectivity index (χ3v) is 10.8. The van der Waals surface area contributed by atoms with Gasteiger partial charge in [0.15, 0.2) is 6.10 Å². The lowest BCUT2D eigenvalue weighted by Crippen LogP contribution is -2.30. The standard InChI is InChI=1S/C47H90O6/c1-6-8-9-25-32-37-45(48)51-40-44(41-52-46(49)38-33-28-23-20-19-22-27-31-36-43(5)7-2)53-47(50)39-34-29-24-18-16-14-12-10-11-13-15-17-21-26-30-35-42(3)4/h42-44H,6-41H2,1-5H3/t43?,44-/m1/s1. The van der Waals surface area contributed by atoms with Gasteiger partial charge in [-0.25, -0.2) is 0 Å². The zero-order valence-electron chi connectivity index (χ0n) is 36.1. The number of carbonyl (C=O) groups excluding carboxylic acids is 3. The van der Waals surface area contributed by atoms with Gasteiger partial charge in [0.25, 0.3) is 0 Å². The number of rotatable bonds is 41. The fourth-order valence-corrected chi connectivity index (χ4v) is 6.90. The summed E-state index contributed by atoms with van der Waals surface area (Å²) in [5, 5.41) is 0. The Hall–Kier alpha value is -1.59. The normalized spacial score (nSPS) is 12.6. The van der Waals surface area contributed by atoms with Gasteiger partial charge in [-0.1, -0.05) is 214 Å². The Morgan fingerprint density at radius 1 is 0.396 bits per heavy atom. The molecule has 0 N–H and O–H groups in total. The largest absolute Gasteiger partial charge is 0.462 e. The van der Waals surface area contributed by atoms with E-state index in [4.69, 9.17) is 14.2 Å². The second kappa shape index (κ2) is 40.1. The molecule has 0 heterocycles. The average molecular weight is 751 g/mol. The van der Waals surface area contributed by atoms with E-state index in [1.165, 1.54) is 135 Å². The lowest BCUT2D eigenvalue weighted by atomic mass is 9.99. The van der Waals surface area contributed by atoms with E-state index in [9.17, 15) is 14.4 Å². The van der Waals surface area contributed by atoms with E-state index in [0.29, 0.717) is 19.3 Å². The molecule has 6 nitrogen and oxygen atoms in total. The zero-order valence-corrected chi connectivity index (χ0v) is 36.1. The molecule has 1 unspecified atom stereocenters. The average Bonchev–Trinajstić information content (AvgIpc) is 3.14. The van der Waals surface area contributed by atoms with Gasteiger partial charge in [-0.05, 0) is 31.1 Å². The highest BCUT2D eigenvalue weighted by Crippen LogP contribution is 2.17. The molecule has 0 saturated heterocycles. The Morgan fingerprint density at radius 2 is 0.717 bits per heavy atom. The molecule has 0 aromatic heterocycles. The van der Waals surface area contributed by atoms with Gasteiger partial charge >= 0.3 is 17.9 Å². The Kier molecular flexibility index (Phi) is 38.9. The molecule has 6 heteroatoms. The first-order valence-corrected chi connectivity index (χ1v) is 23.3. The Morgan fingerprint density at radius 3 is 1.08 bits per heavy atom. The molecular weight excluding hydrogens is 661 g/mol. The van der Waals surface area contributed by atoms with E-state index in [2.05, 4.69) is 34.6 Å². The SMILES string of the molecule is CCCCCCCC(=O)OC[C@H](COC(=O)CCCCCCCCCCC(C)CC)OC(=O)CCCCCCCCCCCCCCCCCC(C)C. The Balaban J connectivity index is 4.16. The summed E-state index contributed by atoms with van der Waals surface area (Å²) in [7, 11) is 0. The van der Waals surface area contributed by atoms with Crippen LogP contribution in [0, 0.1) is 11.8 Å². The minimum Gasteiger partial charge on any atom is -0.462 e. The van der Waals surface area contributed by atoms with Gasteiger partial charge in [0.1, 0.15) is 13.2 Å². The molecule has 0 aliphatic carbocycles. The van der Waals surface area contributed by atoms with Crippen molar-refractivity contribution in [1.29, 1.82) is 0 Å². The van der Waals surface area contributed by atoms with E-state index in [1.807, 2.05) is 0 Å². The first kappa shape index (κ1) is 51.4. The Labute approximate surface area is 329 Å². The maximum Gasteiger partial charge on any atom is 0.306 e. The minimum atomic E-state index is -0.759. The number of carbonyl (C=O) groups is 3.